The lowest BCUT2D eigenvalue weighted by molar-refractivity contribution is 0.282. The number of nitrogens with zero attached hydrogens (tertiary/aromatic N) is 3. The van der Waals surface area contributed by atoms with Crippen LogP contribution in [0.4, 0.5) is 15.9 Å². The molecule has 0 saturated heterocycles. The van der Waals surface area contributed by atoms with Crippen LogP contribution in [0.5, 0.6) is 0 Å². The number of halogens is 1. The molecule has 2 aromatic carbocycles. The zero-order chi connectivity index (χ0) is 16.4. The fourth-order valence-corrected chi connectivity index (χ4v) is 2.30. The van der Waals surface area contributed by atoms with Gasteiger partial charge in [0.1, 0.15) is 11.6 Å². The molecular formula is C17H13FN4O. The number of rotatable bonds is 3. The predicted octanol–water partition coefficient (Wildman–Crippen LogP) is 3.30. The van der Waals surface area contributed by atoms with Gasteiger partial charge in [0.2, 0.25) is 5.69 Å². The molecule has 0 spiro atoms. The van der Waals surface area contributed by atoms with E-state index < -0.39 is 5.82 Å². The monoisotopic (exact) mass is 308 g/mol. The molecule has 0 aliphatic carbocycles. The molecule has 6 heteroatoms. The standard InChI is InChI=1S/C17H13FN4O/c1-20-15-7-4-12(8-14(15)18)16-9-17(19)21-22(16)13-5-2-11(10-23)3-6-13/h2-9,23H,10H2,(H2,19,21). The van der Waals surface area contributed by atoms with Crippen LogP contribution >= 0.6 is 0 Å². The topological polar surface area (TPSA) is 68.4 Å². The van der Waals surface area contributed by atoms with Gasteiger partial charge in [-0.25, -0.2) is 13.9 Å². The van der Waals surface area contributed by atoms with Gasteiger partial charge in [0.15, 0.2) is 0 Å². The first kappa shape index (κ1) is 14.8. The van der Waals surface area contributed by atoms with Crippen LogP contribution in [-0.2, 0) is 6.61 Å². The zero-order valence-electron chi connectivity index (χ0n) is 12.1. The van der Waals surface area contributed by atoms with Crippen LogP contribution in [0, 0.1) is 12.4 Å². The van der Waals surface area contributed by atoms with Crippen molar-refractivity contribution >= 4 is 11.5 Å². The van der Waals surface area contributed by atoms with Crippen LogP contribution in [0.1, 0.15) is 5.56 Å². The van der Waals surface area contributed by atoms with Crippen molar-refractivity contribution in [2.75, 3.05) is 5.73 Å². The van der Waals surface area contributed by atoms with Crippen LogP contribution in [0.15, 0.2) is 48.5 Å². The normalized spacial score (nSPS) is 10.5. The maximum atomic E-state index is 13.9. The summed E-state index contributed by atoms with van der Waals surface area (Å²) in [5.74, 6) is -0.277. The third-order valence-electron chi connectivity index (χ3n) is 3.46. The van der Waals surface area contributed by atoms with Gasteiger partial charge in [0, 0.05) is 11.6 Å². The molecule has 3 aromatic rings. The number of aliphatic hydroxyl groups is 1. The van der Waals surface area contributed by atoms with Gasteiger partial charge in [-0.15, -0.1) is 0 Å². The highest BCUT2D eigenvalue weighted by atomic mass is 19.1. The molecular weight excluding hydrogens is 295 g/mol. The Morgan fingerprint density at radius 1 is 1.17 bits per heavy atom. The fraction of sp³-hybridized carbons (Fsp3) is 0.0588. The van der Waals surface area contributed by atoms with Crippen LogP contribution in [0.2, 0.25) is 0 Å². The number of aliphatic hydroxyl groups excluding tert-OH is 1. The van der Waals surface area contributed by atoms with Crippen molar-refractivity contribution in [2.24, 2.45) is 0 Å². The first-order chi connectivity index (χ1) is 11.1. The van der Waals surface area contributed by atoms with Gasteiger partial charge in [-0.3, -0.25) is 0 Å². The SMILES string of the molecule is [C-]#[N+]c1ccc(-c2cc(N)nn2-c2ccc(CO)cc2)cc1F. The van der Waals surface area contributed by atoms with Crippen LogP contribution in [0.3, 0.4) is 0 Å². The van der Waals surface area contributed by atoms with E-state index in [1.807, 2.05) is 0 Å². The van der Waals surface area contributed by atoms with Crippen molar-refractivity contribution < 1.29 is 9.50 Å². The molecule has 0 amide bonds. The number of hydrogen-bond acceptors (Lipinski definition) is 3. The molecule has 114 valence electrons. The fourth-order valence-electron chi connectivity index (χ4n) is 2.30. The average Bonchev–Trinajstić information content (AvgIpc) is 2.96. The summed E-state index contributed by atoms with van der Waals surface area (Å²) in [5, 5.41) is 13.3. The molecule has 1 aromatic heterocycles. The summed E-state index contributed by atoms with van der Waals surface area (Å²) in [5.41, 5.74) is 8.48. The van der Waals surface area contributed by atoms with E-state index in [2.05, 4.69) is 9.94 Å². The van der Waals surface area contributed by atoms with Crippen LogP contribution < -0.4 is 5.73 Å². The lowest BCUT2D eigenvalue weighted by Gasteiger charge is -2.08. The van der Waals surface area contributed by atoms with Crippen molar-refractivity contribution in [3.63, 3.8) is 0 Å². The minimum atomic E-state index is -0.584. The molecule has 0 unspecified atom stereocenters. The molecule has 23 heavy (non-hydrogen) atoms. The van der Waals surface area contributed by atoms with Gasteiger partial charge in [-0.05, 0) is 23.8 Å². The molecule has 3 rings (SSSR count). The summed E-state index contributed by atoms with van der Waals surface area (Å²) in [6.07, 6.45) is 0. The maximum absolute atomic E-state index is 13.9. The van der Waals surface area contributed by atoms with Crippen molar-refractivity contribution in [3.05, 3.63) is 71.3 Å². The Hall–Kier alpha value is -3.17. The Morgan fingerprint density at radius 3 is 2.52 bits per heavy atom. The number of anilines is 1. The highest BCUT2D eigenvalue weighted by molar-refractivity contribution is 5.68. The lowest BCUT2D eigenvalue weighted by Crippen LogP contribution is -2.00. The van der Waals surface area contributed by atoms with Crippen molar-refractivity contribution in [1.82, 2.24) is 9.78 Å². The minimum Gasteiger partial charge on any atom is -0.392 e. The molecule has 3 N–H and O–H groups in total. The third-order valence-corrected chi connectivity index (χ3v) is 3.46. The van der Waals surface area contributed by atoms with Crippen molar-refractivity contribution in [1.29, 1.82) is 0 Å². The van der Waals surface area contributed by atoms with Crippen LogP contribution in [-0.4, -0.2) is 14.9 Å². The second kappa shape index (κ2) is 5.91. The summed E-state index contributed by atoms with van der Waals surface area (Å²) in [6, 6.07) is 13.2. The van der Waals surface area contributed by atoms with Gasteiger partial charge in [0.05, 0.1) is 24.6 Å². The Morgan fingerprint density at radius 2 is 1.91 bits per heavy atom. The molecule has 1 heterocycles. The van der Waals surface area contributed by atoms with Crippen molar-refractivity contribution in [3.8, 4) is 16.9 Å². The van der Waals surface area contributed by atoms with E-state index in [0.717, 1.165) is 11.3 Å². The lowest BCUT2D eigenvalue weighted by atomic mass is 10.1. The summed E-state index contributed by atoms with van der Waals surface area (Å²) >= 11 is 0. The summed E-state index contributed by atoms with van der Waals surface area (Å²) in [7, 11) is 0. The predicted molar refractivity (Wildman–Crippen MR) is 85.6 cm³/mol. The minimum absolute atomic E-state index is 0.0277. The van der Waals surface area contributed by atoms with E-state index in [1.165, 1.54) is 12.1 Å². The highest BCUT2D eigenvalue weighted by Crippen LogP contribution is 2.29. The van der Waals surface area contributed by atoms with Gasteiger partial charge in [0.25, 0.3) is 0 Å². The second-order valence-corrected chi connectivity index (χ2v) is 4.97. The Bertz CT molecular complexity index is 894. The van der Waals surface area contributed by atoms with Crippen molar-refractivity contribution in [2.45, 2.75) is 6.61 Å². The zero-order valence-corrected chi connectivity index (χ0v) is 12.1. The van der Waals surface area contributed by atoms with Gasteiger partial charge in [-0.2, -0.15) is 5.10 Å². The quantitative estimate of drug-likeness (QED) is 0.729. The number of aromatic nitrogens is 2. The number of nitrogen functional groups attached to an aromatic ring is 1. The summed E-state index contributed by atoms with van der Waals surface area (Å²) in [4.78, 5) is 3.11. The first-order valence-corrected chi connectivity index (χ1v) is 6.85. The second-order valence-electron chi connectivity index (χ2n) is 4.97. The largest absolute Gasteiger partial charge is 0.392 e. The molecule has 0 atom stereocenters. The molecule has 0 fully saturated rings. The van der Waals surface area contributed by atoms with E-state index >= 15 is 0 Å². The first-order valence-electron chi connectivity index (χ1n) is 6.85. The molecule has 0 aliphatic rings. The van der Waals surface area contributed by atoms with E-state index in [4.69, 9.17) is 17.4 Å². The smallest absolute Gasteiger partial charge is 0.222 e. The summed E-state index contributed by atoms with van der Waals surface area (Å²) in [6.45, 7) is 6.86. The average molecular weight is 308 g/mol. The van der Waals surface area contributed by atoms with E-state index in [9.17, 15) is 4.39 Å². The van der Waals surface area contributed by atoms with Gasteiger partial charge >= 0.3 is 0 Å². The molecule has 5 nitrogen and oxygen atoms in total. The van der Waals surface area contributed by atoms with Crippen LogP contribution in [0.25, 0.3) is 21.8 Å². The Kier molecular flexibility index (Phi) is 3.79. The van der Waals surface area contributed by atoms with E-state index in [1.54, 1.807) is 41.1 Å². The number of nitrogens with two attached hydrogens (primary N) is 1. The van der Waals surface area contributed by atoms with Gasteiger partial charge < -0.3 is 10.8 Å². The van der Waals surface area contributed by atoms with Gasteiger partial charge in [-0.1, -0.05) is 24.3 Å². The Labute approximate surface area is 132 Å². The molecule has 0 radical (unpaired) electrons. The van der Waals surface area contributed by atoms with E-state index in [0.29, 0.717) is 17.1 Å². The van der Waals surface area contributed by atoms with E-state index in [-0.39, 0.29) is 12.3 Å². The third kappa shape index (κ3) is 2.78. The Balaban J connectivity index is 2.10. The number of hydrogen-bond donors (Lipinski definition) is 2. The maximum Gasteiger partial charge on any atom is 0.222 e. The summed E-state index contributed by atoms with van der Waals surface area (Å²) < 4.78 is 15.5. The number of benzene rings is 2. The highest BCUT2D eigenvalue weighted by Gasteiger charge is 2.12. The molecule has 0 bridgehead atoms. The molecule has 0 aliphatic heterocycles. The molecule has 0 saturated carbocycles.